The quantitative estimate of drug-likeness (QED) is 0.782. The minimum absolute atomic E-state index is 0.250. The van der Waals surface area contributed by atoms with Gasteiger partial charge in [-0.2, -0.15) is 0 Å². The fraction of sp³-hybridized carbons (Fsp3) is 0.769. The topological polar surface area (TPSA) is 29.9 Å². The predicted octanol–water partition coefficient (Wildman–Crippen LogP) is 1.97. The number of imidazole rings is 1. The maximum Gasteiger partial charge on any atom is 0.0949 e. The molecule has 0 bridgehead atoms. The largest absolute Gasteiger partial charge is 0.336 e. The summed E-state index contributed by atoms with van der Waals surface area (Å²) in [5.74, 6) is 0.897. The van der Waals surface area contributed by atoms with Crippen LogP contribution >= 0.6 is 0 Å². The lowest BCUT2D eigenvalue weighted by molar-refractivity contribution is 0.292. The molecule has 0 amide bonds. The third-order valence-corrected chi connectivity index (χ3v) is 4.49. The molecule has 0 radical (unpaired) electrons. The van der Waals surface area contributed by atoms with E-state index in [1.165, 1.54) is 37.1 Å². The summed E-state index contributed by atoms with van der Waals surface area (Å²) in [4.78, 5) is 4.55. The van der Waals surface area contributed by atoms with Crippen molar-refractivity contribution in [3.05, 3.63) is 17.7 Å². The summed E-state index contributed by atoms with van der Waals surface area (Å²) in [6.07, 6.45) is 8.35. The molecule has 3 nitrogen and oxygen atoms in total. The summed E-state index contributed by atoms with van der Waals surface area (Å²) in [7, 11) is 2.14. The van der Waals surface area contributed by atoms with Gasteiger partial charge in [0.2, 0.25) is 0 Å². The van der Waals surface area contributed by atoms with Gasteiger partial charge in [0.1, 0.15) is 0 Å². The second kappa shape index (κ2) is 3.59. The number of fused-ring (bicyclic) bond motifs is 2. The molecule has 88 valence electrons. The van der Waals surface area contributed by atoms with Crippen molar-refractivity contribution in [1.82, 2.24) is 14.9 Å². The lowest BCUT2D eigenvalue weighted by Crippen LogP contribution is -2.46. The minimum Gasteiger partial charge on any atom is -0.336 e. The zero-order chi connectivity index (χ0) is 11.2. The average Bonchev–Trinajstić information content (AvgIpc) is 2.86. The van der Waals surface area contributed by atoms with Gasteiger partial charge in [0.25, 0.3) is 0 Å². The molecule has 16 heavy (non-hydrogen) atoms. The first-order valence-electron chi connectivity index (χ1n) is 6.51. The van der Waals surface area contributed by atoms with Crippen LogP contribution in [0.4, 0.5) is 0 Å². The SMILES string of the molecule is CCC1CCC2(C1)NCCc1ncn(C)c12. The van der Waals surface area contributed by atoms with Crippen molar-refractivity contribution in [1.29, 1.82) is 0 Å². The number of aromatic nitrogens is 2. The normalized spacial score (nSPS) is 33.2. The molecule has 1 N–H and O–H groups in total. The van der Waals surface area contributed by atoms with Gasteiger partial charge in [-0.1, -0.05) is 13.3 Å². The Morgan fingerprint density at radius 3 is 3.25 bits per heavy atom. The zero-order valence-electron chi connectivity index (χ0n) is 10.3. The Kier molecular flexibility index (Phi) is 2.32. The zero-order valence-corrected chi connectivity index (χ0v) is 10.3. The standard InChI is InChI=1S/C13H21N3/c1-3-10-4-6-13(8-10)12-11(5-7-15-13)14-9-16(12)2/h9-10,15H,3-8H2,1-2H3. The van der Waals surface area contributed by atoms with Gasteiger partial charge in [0.05, 0.1) is 23.3 Å². The highest BCUT2D eigenvalue weighted by Gasteiger charge is 2.44. The first-order valence-corrected chi connectivity index (χ1v) is 6.51. The van der Waals surface area contributed by atoms with Crippen LogP contribution < -0.4 is 5.32 Å². The number of aryl methyl sites for hydroxylation is 1. The van der Waals surface area contributed by atoms with Gasteiger partial charge in [-0.15, -0.1) is 0 Å². The van der Waals surface area contributed by atoms with E-state index in [4.69, 9.17) is 0 Å². The number of nitrogens with zero attached hydrogens (tertiary/aromatic N) is 2. The van der Waals surface area contributed by atoms with Crippen LogP contribution in [-0.2, 0) is 19.0 Å². The van der Waals surface area contributed by atoms with Gasteiger partial charge in [0.15, 0.2) is 0 Å². The van der Waals surface area contributed by atoms with E-state index in [9.17, 15) is 0 Å². The molecule has 2 aliphatic rings. The van der Waals surface area contributed by atoms with E-state index >= 15 is 0 Å². The van der Waals surface area contributed by atoms with E-state index < -0.39 is 0 Å². The number of hydrogen-bond acceptors (Lipinski definition) is 2. The van der Waals surface area contributed by atoms with E-state index in [0.717, 1.165) is 18.9 Å². The lowest BCUT2D eigenvalue weighted by atomic mass is 9.86. The molecule has 1 spiro atoms. The summed E-state index contributed by atoms with van der Waals surface area (Å²) in [5.41, 5.74) is 3.05. The summed E-state index contributed by atoms with van der Waals surface area (Å²) < 4.78 is 2.24. The van der Waals surface area contributed by atoms with Crippen molar-refractivity contribution in [3.8, 4) is 0 Å². The van der Waals surface area contributed by atoms with E-state index in [2.05, 4.69) is 28.8 Å². The summed E-state index contributed by atoms with van der Waals surface area (Å²) in [6.45, 7) is 3.41. The molecule has 1 saturated carbocycles. The van der Waals surface area contributed by atoms with Crippen LogP contribution in [0, 0.1) is 5.92 Å². The van der Waals surface area contributed by atoms with Gasteiger partial charge in [0, 0.05) is 20.0 Å². The Morgan fingerprint density at radius 2 is 2.50 bits per heavy atom. The van der Waals surface area contributed by atoms with Crippen molar-refractivity contribution >= 4 is 0 Å². The molecule has 0 aromatic carbocycles. The van der Waals surface area contributed by atoms with Crippen molar-refractivity contribution in [2.45, 2.75) is 44.6 Å². The fourth-order valence-corrected chi connectivity index (χ4v) is 3.65. The number of hydrogen-bond donors (Lipinski definition) is 1. The molecule has 1 fully saturated rings. The second-order valence-corrected chi connectivity index (χ2v) is 5.43. The molecule has 1 aliphatic heterocycles. The van der Waals surface area contributed by atoms with Crippen LogP contribution in [0.5, 0.6) is 0 Å². The third kappa shape index (κ3) is 1.34. The minimum atomic E-state index is 0.250. The Hall–Kier alpha value is -0.830. The Balaban J connectivity index is 2.01. The third-order valence-electron chi connectivity index (χ3n) is 4.49. The molecular formula is C13H21N3. The van der Waals surface area contributed by atoms with E-state index in [-0.39, 0.29) is 5.54 Å². The van der Waals surface area contributed by atoms with Crippen LogP contribution in [0.2, 0.25) is 0 Å². The molecule has 1 aromatic heterocycles. The van der Waals surface area contributed by atoms with Crippen molar-refractivity contribution in [3.63, 3.8) is 0 Å². The molecule has 0 saturated heterocycles. The molecular weight excluding hydrogens is 198 g/mol. The first kappa shape index (κ1) is 10.3. The van der Waals surface area contributed by atoms with Crippen molar-refractivity contribution in [2.24, 2.45) is 13.0 Å². The van der Waals surface area contributed by atoms with E-state index in [1.807, 2.05) is 6.33 Å². The summed E-state index contributed by atoms with van der Waals surface area (Å²) >= 11 is 0. The Morgan fingerprint density at radius 1 is 1.62 bits per heavy atom. The van der Waals surface area contributed by atoms with Crippen molar-refractivity contribution < 1.29 is 0 Å². The lowest BCUT2D eigenvalue weighted by Gasteiger charge is -2.36. The van der Waals surface area contributed by atoms with Gasteiger partial charge in [-0.25, -0.2) is 4.98 Å². The smallest absolute Gasteiger partial charge is 0.0949 e. The van der Waals surface area contributed by atoms with Gasteiger partial charge >= 0.3 is 0 Å². The molecule has 2 atom stereocenters. The molecule has 3 heteroatoms. The Labute approximate surface area is 97.3 Å². The summed E-state index contributed by atoms with van der Waals surface area (Å²) in [5, 5.41) is 3.78. The van der Waals surface area contributed by atoms with Crippen LogP contribution in [0.3, 0.4) is 0 Å². The highest BCUT2D eigenvalue weighted by molar-refractivity contribution is 5.28. The van der Waals surface area contributed by atoms with Crippen LogP contribution in [0.1, 0.15) is 44.0 Å². The monoisotopic (exact) mass is 219 g/mol. The number of nitrogens with one attached hydrogen (secondary N) is 1. The first-order chi connectivity index (χ1) is 7.75. The van der Waals surface area contributed by atoms with Gasteiger partial charge in [-0.3, -0.25) is 0 Å². The predicted molar refractivity (Wildman–Crippen MR) is 64.2 cm³/mol. The molecule has 1 aromatic rings. The summed E-state index contributed by atoms with van der Waals surface area (Å²) in [6, 6.07) is 0. The molecule has 2 heterocycles. The fourth-order valence-electron chi connectivity index (χ4n) is 3.65. The molecule has 3 rings (SSSR count). The second-order valence-electron chi connectivity index (χ2n) is 5.43. The molecule has 1 aliphatic carbocycles. The highest BCUT2D eigenvalue weighted by Crippen LogP contribution is 2.45. The highest BCUT2D eigenvalue weighted by atomic mass is 15.1. The number of rotatable bonds is 1. The van der Waals surface area contributed by atoms with Crippen molar-refractivity contribution in [2.75, 3.05) is 6.54 Å². The van der Waals surface area contributed by atoms with Crippen LogP contribution in [-0.4, -0.2) is 16.1 Å². The van der Waals surface area contributed by atoms with Crippen LogP contribution in [0.15, 0.2) is 6.33 Å². The van der Waals surface area contributed by atoms with E-state index in [1.54, 1.807) is 0 Å². The average molecular weight is 219 g/mol. The van der Waals surface area contributed by atoms with Gasteiger partial charge in [-0.05, 0) is 25.2 Å². The van der Waals surface area contributed by atoms with E-state index in [0.29, 0.717) is 0 Å². The maximum absolute atomic E-state index is 4.55. The van der Waals surface area contributed by atoms with Gasteiger partial charge < -0.3 is 9.88 Å². The molecule has 2 unspecified atom stereocenters. The Bertz CT molecular complexity index is 396. The van der Waals surface area contributed by atoms with Crippen LogP contribution in [0.25, 0.3) is 0 Å². The maximum atomic E-state index is 4.55.